The van der Waals surface area contributed by atoms with Crippen molar-refractivity contribution < 1.29 is 0 Å². The predicted octanol–water partition coefficient (Wildman–Crippen LogP) is 3.92. The molecule has 2 fully saturated rings. The van der Waals surface area contributed by atoms with Gasteiger partial charge in [-0.1, -0.05) is 30.2 Å². The summed E-state index contributed by atoms with van der Waals surface area (Å²) >= 11 is 0. The third kappa shape index (κ3) is 4.20. The van der Waals surface area contributed by atoms with Gasteiger partial charge in [0, 0.05) is 26.7 Å². The Labute approximate surface area is 158 Å². The molecule has 1 aliphatic carbocycles. The Balaban J connectivity index is 0.00000192. The van der Waals surface area contributed by atoms with Gasteiger partial charge in [-0.05, 0) is 56.1 Å². The molecule has 3 nitrogen and oxygen atoms in total. The number of aryl methyl sites for hydroxylation is 2. The summed E-state index contributed by atoms with van der Waals surface area (Å²) in [5.74, 6) is 1.09. The molecule has 1 heterocycles. The fourth-order valence-corrected chi connectivity index (χ4v) is 3.97. The van der Waals surface area contributed by atoms with Gasteiger partial charge in [0.2, 0.25) is 0 Å². The molecule has 0 amide bonds. The summed E-state index contributed by atoms with van der Waals surface area (Å²) in [6.07, 6.45) is 6.67. The molecule has 1 spiro atoms. The third-order valence-corrected chi connectivity index (χ3v) is 5.54. The minimum Gasteiger partial charge on any atom is -0.356 e. The van der Waals surface area contributed by atoms with E-state index in [9.17, 15) is 0 Å². The molecule has 2 aliphatic rings. The molecule has 23 heavy (non-hydrogen) atoms. The van der Waals surface area contributed by atoms with E-state index in [0.29, 0.717) is 5.41 Å². The lowest BCUT2D eigenvalue weighted by atomic mass is 9.68. The van der Waals surface area contributed by atoms with E-state index in [4.69, 9.17) is 0 Å². The maximum Gasteiger partial charge on any atom is 0.193 e. The first-order chi connectivity index (χ1) is 10.6. The van der Waals surface area contributed by atoms with Gasteiger partial charge in [-0.15, -0.1) is 24.0 Å². The van der Waals surface area contributed by atoms with Crippen LogP contribution in [0.25, 0.3) is 0 Å². The van der Waals surface area contributed by atoms with E-state index in [2.05, 4.69) is 47.3 Å². The Morgan fingerprint density at radius 1 is 1.26 bits per heavy atom. The van der Waals surface area contributed by atoms with E-state index in [1.54, 1.807) is 0 Å². The zero-order valence-corrected chi connectivity index (χ0v) is 17.0. The largest absolute Gasteiger partial charge is 0.356 e. The van der Waals surface area contributed by atoms with Crippen molar-refractivity contribution in [2.24, 2.45) is 10.4 Å². The Hall–Kier alpha value is -0.780. The first-order valence-electron chi connectivity index (χ1n) is 8.64. The minimum absolute atomic E-state index is 0. The second kappa shape index (κ2) is 7.86. The maximum absolute atomic E-state index is 4.49. The molecule has 0 bridgehead atoms. The molecule has 1 N–H and O–H groups in total. The van der Waals surface area contributed by atoms with E-state index >= 15 is 0 Å². The van der Waals surface area contributed by atoms with Crippen LogP contribution in [0.5, 0.6) is 0 Å². The molecule has 3 rings (SSSR count). The predicted molar refractivity (Wildman–Crippen MR) is 109 cm³/mol. The van der Waals surface area contributed by atoms with Crippen LogP contribution in [0.15, 0.2) is 23.2 Å². The van der Waals surface area contributed by atoms with E-state index in [-0.39, 0.29) is 24.0 Å². The van der Waals surface area contributed by atoms with Crippen LogP contribution in [-0.2, 0) is 6.42 Å². The van der Waals surface area contributed by atoms with E-state index in [0.717, 1.165) is 18.9 Å². The van der Waals surface area contributed by atoms with E-state index in [1.165, 1.54) is 55.5 Å². The van der Waals surface area contributed by atoms with Crippen molar-refractivity contribution in [2.75, 3.05) is 26.7 Å². The summed E-state index contributed by atoms with van der Waals surface area (Å²) in [5, 5.41) is 3.56. The summed E-state index contributed by atoms with van der Waals surface area (Å²) in [4.78, 5) is 6.95. The first-order valence-corrected chi connectivity index (χ1v) is 8.64. The van der Waals surface area contributed by atoms with Gasteiger partial charge in [0.1, 0.15) is 0 Å². The Morgan fingerprint density at radius 3 is 2.61 bits per heavy atom. The number of guanidine groups is 1. The number of hydrogen-bond donors (Lipinski definition) is 1. The number of nitrogens with zero attached hydrogens (tertiary/aromatic N) is 2. The second-order valence-corrected chi connectivity index (χ2v) is 7.18. The fourth-order valence-electron chi connectivity index (χ4n) is 3.97. The van der Waals surface area contributed by atoms with Crippen LogP contribution in [0.1, 0.15) is 42.4 Å². The molecule has 0 radical (unpaired) electrons. The molecule has 1 aromatic rings. The van der Waals surface area contributed by atoms with Crippen LogP contribution in [0.3, 0.4) is 0 Å². The molecule has 0 aromatic heterocycles. The lowest BCUT2D eigenvalue weighted by Gasteiger charge is -2.38. The smallest absolute Gasteiger partial charge is 0.193 e. The zero-order valence-electron chi connectivity index (χ0n) is 14.7. The lowest BCUT2D eigenvalue weighted by molar-refractivity contribution is 0.151. The molecule has 128 valence electrons. The third-order valence-electron chi connectivity index (χ3n) is 5.54. The molecule has 1 aromatic carbocycles. The average Bonchev–Trinajstić information content (AvgIpc) is 2.91. The summed E-state index contributed by atoms with van der Waals surface area (Å²) < 4.78 is 0. The molecule has 0 atom stereocenters. The van der Waals surface area contributed by atoms with Crippen LogP contribution in [-0.4, -0.2) is 37.5 Å². The molecule has 1 aliphatic heterocycles. The maximum atomic E-state index is 4.49. The first kappa shape index (κ1) is 18.6. The molecular weight excluding hydrogens is 397 g/mol. The number of halogens is 1. The van der Waals surface area contributed by atoms with Gasteiger partial charge in [0.05, 0.1) is 0 Å². The summed E-state index contributed by atoms with van der Waals surface area (Å²) in [5.41, 5.74) is 4.80. The zero-order chi connectivity index (χ0) is 15.6. The van der Waals surface area contributed by atoms with Gasteiger partial charge in [0.25, 0.3) is 0 Å². The van der Waals surface area contributed by atoms with E-state index < -0.39 is 0 Å². The van der Waals surface area contributed by atoms with E-state index in [1.807, 2.05) is 7.05 Å². The summed E-state index contributed by atoms with van der Waals surface area (Å²) in [7, 11) is 1.91. The highest BCUT2D eigenvalue weighted by molar-refractivity contribution is 14.0. The Kier molecular flexibility index (Phi) is 6.34. The monoisotopic (exact) mass is 427 g/mol. The highest BCUT2D eigenvalue weighted by Gasteiger charge is 2.43. The Bertz CT molecular complexity index is 564. The summed E-state index contributed by atoms with van der Waals surface area (Å²) in [6, 6.07) is 6.73. The molecular formula is C19H30IN3. The van der Waals surface area contributed by atoms with Gasteiger partial charge in [-0.2, -0.15) is 0 Å². The SMILES string of the molecule is CN=C(NCCc1ccc(C)cc1C)N1CCC2(CCC2)C1.I. The van der Waals surface area contributed by atoms with Crippen LogP contribution >= 0.6 is 24.0 Å². The topological polar surface area (TPSA) is 27.6 Å². The standard InChI is InChI=1S/C19H29N3.HI/c1-15-5-6-17(16(2)13-15)7-11-21-18(20-3)22-12-10-19(14-22)8-4-9-19;/h5-6,13H,4,7-12,14H2,1-3H3,(H,20,21);1H. The molecule has 1 saturated heterocycles. The van der Waals surface area contributed by atoms with Gasteiger partial charge in [0.15, 0.2) is 5.96 Å². The number of likely N-dealkylation sites (tertiary alicyclic amines) is 1. The van der Waals surface area contributed by atoms with Crippen molar-refractivity contribution in [3.05, 3.63) is 34.9 Å². The van der Waals surface area contributed by atoms with Gasteiger partial charge in [-0.25, -0.2) is 0 Å². The van der Waals surface area contributed by atoms with Gasteiger partial charge < -0.3 is 10.2 Å². The van der Waals surface area contributed by atoms with Crippen LogP contribution < -0.4 is 5.32 Å². The number of hydrogen-bond acceptors (Lipinski definition) is 1. The molecule has 4 heteroatoms. The fraction of sp³-hybridized carbons (Fsp3) is 0.632. The van der Waals surface area contributed by atoms with Crippen molar-refractivity contribution >= 4 is 29.9 Å². The minimum atomic E-state index is 0. The summed E-state index contributed by atoms with van der Waals surface area (Å²) in [6.45, 7) is 7.69. The van der Waals surface area contributed by atoms with Crippen LogP contribution in [0.4, 0.5) is 0 Å². The van der Waals surface area contributed by atoms with Crippen molar-refractivity contribution in [3.63, 3.8) is 0 Å². The number of aliphatic imine (C=N–C) groups is 1. The Morgan fingerprint density at radius 2 is 2.04 bits per heavy atom. The number of rotatable bonds is 3. The number of benzene rings is 1. The van der Waals surface area contributed by atoms with Crippen molar-refractivity contribution in [1.29, 1.82) is 0 Å². The normalized spacial score (nSPS) is 19.4. The van der Waals surface area contributed by atoms with Crippen LogP contribution in [0.2, 0.25) is 0 Å². The quantitative estimate of drug-likeness (QED) is 0.450. The lowest BCUT2D eigenvalue weighted by Crippen LogP contribution is -2.43. The highest BCUT2D eigenvalue weighted by atomic mass is 127. The number of nitrogens with one attached hydrogen (secondary N) is 1. The molecule has 0 unspecified atom stereocenters. The van der Waals surface area contributed by atoms with Crippen molar-refractivity contribution in [2.45, 2.75) is 46.0 Å². The van der Waals surface area contributed by atoms with Gasteiger partial charge in [-0.3, -0.25) is 4.99 Å². The second-order valence-electron chi connectivity index (χ2n) is 7.18. The van der Waals surface area contributed by atoms with Crippen LogP contribution in [0, 0.1) is 19.3 Å². The highest BCUT2D eigenvalue weighted by Crippen LogP contribution is 2.47. The van der Waals surface area contributed by atoms with Gasteiger partial charge >= 0.3 is 0 Å². The van der Waals surface area contributed by atoms with Crippen molar-refractivity contribution in [3.8, 4) is 0 Å². The molecule has 1 saturated carbocycles. The van der Waals surface area contributed by atoms with Crippen molar-refractivity contribution in [1.82, 2.24) is 10.2 Å². The average molecular weight is 427 g/mol.